The van der Waals surface area contributed by atoms with Crippen LogP contribution >= 0.6 is 0 Å². The second-order valence-electron chi connectivity index (χ2n) is 16.4. The molecule has 0 bridgehead atoms. The van der Waals surface area contributed by atoms with E-state index in [0.717, 1.165) is 111 Å². The van der Waals surface area contributed by atoms with E-state index in [0.29, 0.717) is 11.1 Å². The van der Waals surface area contributed by atoms with Crippen LogP contribution in [0.3, 0.4) is 0 Å². The monoisotopic (exact) mass is 840 g/mol. The maximum Gasteiger partial charge on any atom is 0.0993 e. The molecular formula is C60H36N6. The molecule has 0 atom stereocenters. The van der Waals surface area contributed by atoms with Gasteiger partial charge in [0.25, 0.3) is 0 Å². The van der Waals surface area contributed by atoms with Crippen LogP contribution in [0.1, 0.15) is 11.1 Å². The fraction of sp³-hybridized carbons (Fsp3) is 0. The third kappa shape index (κ3) is 6.41. The zero-order valence-corrected chi connectivity index (χ0v) is 35.5. The van der Waals surface area contributed by atoms with Gasteiger partial charge in [0.2, 0.25) is 0 Å². The van der Waals surface area contributed by atoms with Gasteiger partial charge in [-0.25, -0.2) is 9.97 Å². The molecular weight excluding hydrogens is 805 g/mol. The molecule has 8 aromatic carbocycles. The van der Waals surface area contributed by atoms with Gasteiger partial charge in [0, 0.05) is 49.4 Å². The predicted molar refractivity (Wildman–Crippen MR) is 267 cm³/mol. The van der Waals surface area contributed by atoms with E-state index in [1.165, 1.54) is 0 Å². The number of benzene rings is 8. The van der Waals surface area contributed by atoms with Gasteiger partial charge in [-0.05, 0) is 90.5 Å². The fourth-order valence-corrected chi connectivity index (χ4v) is 9.58. The van der Waals surface area contributed by atoms with E-state index in [1.807, 2.05) is 78.9 Å². The van der Waals surface area contributed by atoms with Crippen molar-refractivity contribution in [2.24, 2.45) is 0 Å². The van der Waals surface area contributed by atoms with Crippen LogP contribution in [0.4, 0.5) is 0 Å². The van der Waals surface area contributed by atoms with Gasteiger partial charge >= 0.3 is 0 Å². The largest absolute Gasteiger partial charge is 0.308 e. The maximum absolute atomic E-state index is 10.9. The van der Waals surface area contributed by atoms with Crippen molar-refractivity contribution in [2.75, 3.05) is 0 Å². The molecule has 0 aliphatic carbocycles. The first kappa shape index (κ1) is 38.3. The van der Waals surface area contributed by atoms with Crippen molar-refractivity contribution in [2.45, 2.75) is 0 Å². The molecule has 0 saturated carbocycles. The zero-order chi connectivity index (χ0) is 44.1. The van der Waals surface area contributed by atoms with E-state index in [9.17, 15) is 10.5 Å². The topological polar surface area (TPSA) is 83.2 Å². The summed E-state index contributed by atoms with van der Waals surface area (Å²) in [5.74, 6) is 0. The van der Waals surface area contributed by atoms with Crippen LogP contribution in [-0.4, -0.2) is 19.1 Å². The van der Waals surface area contributed by atoms with Crippen molar-refractivity contribution in [1.82, 2.24) is 19.1 Å². The number of hydrogen-bond acceptors (Lipinski definition) is 4. The lowest BCUT2D eigenvalue weighted by molar-refractivity contribution is 1.13. The van der Waals surface area contributed by atoms with E-state index < -0.39 is 0 Å². The van der Waals surface area contributed by atoms with Crippen molar-refractivity contribution in [3.8, 4) is 79.7 Å². The molecule has 0 aliphatic heterocycles. The van der Waals surface area contributed by atoms with Crippen molar-refractivity contribution in [1.29, 1.82) is 10.5 Å². The first-order chi connectivity index (χ1) is 32.6. The lowest BCUT2D eigenvalue weighted by atomic mass is 9.96. The molecule has 66 heavy (non-hydrogen) atoms. The van der Waals surface area contributed by atoms with Crippen LogP contribution in [0.2, 0.25) is 0 Å². The highest BCUT2D eigenvalue weighted by molar-refractivity contribution is 6.13. The Morgan fingerprint density at radius 3 is 1.20 bits per heavy atom. The maximum atomic E-state index is 10.9. The average molecular weight is 841 g/mol. The van der Waals surface area contributed by atoms with Gasteiger partial charge in [-0.1, -0.05) is 133 Å². The van der Waals surface area contributed by atoms with Crippen LogP contribution in [0, 0.1) is 22.7 Å². The average Bonchev–Trinajstić information content (AvgIpc) is 3.91. The molecule has 6 nitrogen and oxygen atoms in total. The Labute approximate surface area is 380 Å². The standard InChI is InChI=1S/C60H36N6/c61-37-39-14-11-19-45(32-39)60-58(65-54-26-9-7-20-46(54)48-35-43(28-30-56(48)65)52-24-12-22-50(63-52)41-15-3-1-4-16-41)33-40(38-62)34-59(60)66-55-27-10-8-21-47(55)49-36-44(29-31-57(49)66)53-25-13-23-51(64-53)42-17-5-2-6-18-42/h1-36H. The molecule has 0 aliphatic rings. The first-order valence-corrected chi connectivity index (χ1v) is 21.8. The number of pyridine rings is 2. The fourth-order valence-electron chi connectivity index (χ4n) is 9.58. The van der Waals surface area contributed by atoms with E-state index in [2.05, 4.69) is 161 Å². The number of rotatable bonds is 7. The van der Waals surface area contributed by atoms with Crippen molar-refractivity contribution in [3.63, 3.8) is 0 Å². The number of para-hydroxylation sites is 2. The van der Waals surface area contributed by atoms with Gasteiger partial charge in [0.15, 0.2) is 0 Å². The van der Waals surface area contributed by atoms with Gasteiger partial charge in [-0.2, -0.15) is 10.5 Å². The highest BCUT2D eigenvalue weighted by Gasteiger charge is 2.24. The first-order valence-electron chi connectivity index (χ1n) is 21.8. The highest BCUT2D eigenvalue weighted by Crippen LogP contribution is 2.44. The minimum atomic E-state index is 0.508. The number of nitriles is 2. The molecule has 12 aromatic rings. The minimum Gasteiger partial charge on any atom is -0.308 e. The Morgan fingerprint density at radius 1 is 0.303 bits per heavy atom. The predicted octanol–water partition coefficient (Wildman–Crippen LogP) is 14.7. The summed E-state index contributed by atoms with van der Waals surface area (Å²) < 4.78 is 4.55. The molecule has 0 amide bonds. The number of hydrogen-bond donors (Lipinski definition) is 0. The Kier molecular flexibility index (Phi) is 9.16. The SMILES string of the molecule is N#Cc1cccc(-c2c(-n3c4ccccc4c4cc(-c5cccc(-c6ccccc6)n5)ccc43)cc(C#N)cc2-n2c3ccccc3c3cc(-c4cccc(-c5ccccc5)n4)ccc32)c1. The summed E-state index contributed by atoms with van der Waals surface area (Å²) in [6.45, 7) is 0. The minimum absolute atomic E-state index is 0.508. The van der Waals surface area contributed by atoms with Crippen LogP contribution < -0.4 is 0 Å². The summed E-state index contributed by atoms with van der Waals surface area (Å²) in [4.78, 5) is 10.2. The molecule has 0 saturated heterocycles. The molecule has 0 spiro atoms. The normalized spacial score (nSPS) is 11.3. The smallest absolute Gasteiger partial charge is 0.0993 e. The Hall–Kier alpha value is -9.36. The second-order valence-corrected chi connectivity index (χ2v) is 16.4. The molecule has 306 valence electrons. The van der Waals surface area contributed by atoms with Gasteiger partial charge in [0.05, 0.1) is 79.5 Å². The Morgan fingerprint density at radius 2 is 0.712 bits per heavy atom. The Balaban J connectivity index is 1.11. The summed E-state index contributed by atoms with van der Waals surface area (Å²) in [6, 6.07) is 79.4. The third-order valence-corrected chi connectivity index (χ3v) is 12.6. The highest BCUT2D eigenvalue weighted by atomic mass is 15.0. The molecule has 4 aromatic heterocycles. The summed E-state index contributed by atoms with van der Waals surface area (Å²) in [6.07, 6.45) is 0. The summed E-state index contributed by atoms with van der Waals surface area (Å²) >= 11 is 0. The number of fused-ring (bicyclic) bond motifs is 6. The van der Waals surface area contributed by atoms with E-state index >= 15 is 0 Å². The quantitative estimate of drug-likeness (QED) is 0.160. The number of nitrogens with zero attached hydrogens (tertiary/aromatic N) is 6. The van der Waals surface area contributed by atoms with Crippen LogP contribution in [0.5, 0.6) is 0 Å². The van der Waals surface area contributed by atoms with Crippen molar-refractivity contribution >= 4 is 43.6 Å². The van der Waals surface area contributed by atoms with Crippen molar-refractivity contribution < 1.29 is 0 Å². The van der Waals surface area contributed by atoms with Gasteiger partial charge in [-0.15, -0.1) is 0 Å². The van der Waals surface area contributed by atoms with Crippen molar-refractivity contribution in [3.05, 3.63) is 230 Å². The van der Waals surface area contributed by atoms with Crippen LogP contribution in [0.15, 0.2) is 218 Å². The van der Waals surface area contributed by atoms with Crippen LogP contribution in [-0.2, 0) is 0 Å². The lowest BCUT2D eigenvalue weighted by Gasteiger charge is -2.21. The molecule has 0 radical (unpaired) electrons. The molecule has 6 heteroatoms. The molecule has 12 rings (SSSR count). The lowest BCUT2D eigenvalue weighted by Crippen LogP contribution is -2.05. The zero-order valence-electron chi connectivity index (χ0n) is 35.5. The summed E-state index contributed by atoms with van der Waals surface area (Å²) in [7, 11) is 0. The van der Waals surface area contributed by atoms with Crippen LogP contribution in [0.25, 0.3) is 111 Å². The third-order valence-electron chi connectivity index (χ3n) is 12.6. The summed E-state index contributed by atoms with van der Waals surface area (Å²) in [5, 5.41) is 25.4. The van der Waals surface area contributed by atoms with Gasteiger partial charge in [0.1, 0.15) is 0 Å². The van der Waals surface area contributed by atoms with Gasteiger partial charge < -0.3 is 9.13 Å². The van der Waals surface area contributed by atoms with Gasteiger partial charge in [-0.3, -0.25) is 0 Å². The number of aromatic nitrogens is 4. The summed E-state index contributed by atoms with van der Waals surface area (Å²) in [5.41, 5.74) is 16.1. The molecule has 0 N–H and O–H groups in total. The molecule has 4 heterocycles. The molecule has 0 unspecified atom stereocenters. The Bertz CT molecular complexity index is 3740. The van der Waals surface area contributed by atoms with E-state index in [1.54, 1.807) is 0 Å². The van der Waals surface area contributed by atoms with E-state index in [4.69, 9.17) is 9.97 Å². The second kappa shape index (κ2) is 15.8. The molecule has 0 fully saturated rings. The van der Waals surface area contributed by atoms with E-state index in [-0.39, 0.29) is 0 Å².